The highest BCUT2D eigenvalue weighted by Crippen LogP contribution is 2.28. The second-order valence-corrected chi connectivity index (χ2v) is 12.8. The summed E-state index contributed by atoms with van der Waals surface area (Å²) in [6.45, 7) is 11.0. The van der Waals surface area contributed by atoms with Gasteiger partial charge in [-0.3, -0.25) is 14.5 Å². The largest absolute Gasteiger partial charge is 0.460 e. The van der Waals surface area contributed by atoms with Gasteiger partial charge in [0.05, 0.1) is 12.0 Å². The number of esters is 1. The summed E-state index contributed by atoms with van der Waals surface area (Å²) < 4.78 is 17.0. The van der Waals surface area contributed by atoms with E-state index in [0.717, 1.165) is 38.2 Å². The Morgan fingerprint density at radius 2 is 1.81 bits per heavy atom. The summed E-state index contributed by atoms with van der Waals surface area (Å²) in [7, 11) is 3.44. The zero-order valence-corrected chi connectivity index (χ0v) is 24.3. The van der Waals surface area contributed by atoms with E-state index in [-0.39, 0.29) is 23.8 Å². The molecule has 1 aliphatic carbocycles. The second-order valence-electron chi connectivity index (χ2n) is 11.6. The van der Waals surface area contributed by atoms with Crippen LogP contribution in [0.15, 0.2) is 0 Å². The van der Waals surface area contributed by atoms with Crippen molar-refractivity contribution < 1.29 is 28.6 Å². The van der Waals surface area contributed by atoms with E-state index in [9.17, 15) is 14.4 Å². The maximum Gasteiger partial charge on any atom is 0.327 e. The number of likely N-dealkylation sites (N-methyl/N-ethyl adjacent to an activating group) is 1. The summed E-state index contributed by atoms with van der Waals surface area (Å²) >= 11 is 1.74. The lowest BCUT2D eigenvalue weighted by Gasteiger charge is -2.27. The molecule has 1 aliphatic heterocycles. The summed E-state index contributed by atoms with van der Waals surface area (Å²) in [5.74, 6) is 1.53. The van der Waals surface area contributed by atoms with Gasteiger partial charge >= 0.3 is 12.0 Å². The van der Waals surface area contributed by atoms with Gasteiger partial charge in [-0.25, -0.2) is 4.79 Å². The van der Waals surface area contributed by atoms with E-state index >= 15 is 0 Å². The molecule has 2 rings (SSSR count). The van der Waals surface area contributed by atoms with Crippen molar-refractivity contribution in [2.24, 2.45) is 11.8 Å². The fourth-order valence-electron chi connectivity index (χ4n) is 4.60. The highest BCUT2D eigenvalue weighted by atomic mass is 32.2. The van der Waals surface area contributed by atoms with Gasteiger partial charge in [0.2, 0.25) is 0 Å². The molecule has 3 amide bonds. The fourth-order valence-corrected chi connectivity index (χ4v) is 5.68. The zero-order valence-electron chi connectivity index (χ0n) is 23.5. The monoisotopic (exact) mass is 528 g/mol. The van der Waals surface area contributed by atoms with E-state index < -0.39 is 11.1 Å². The molecular formula is C27H48N2O6S. The number of imide groups is 1. The van der Waals surface area contributed by atoms with E-state index in [4.69, 9.17) is 14.2 Å². The average Bonchev–Trinajstić information content (AvgIpc) is 2.96. The first-order chi connectivity index (χ1) is 16.9. The van der Waals surface area contributed by atoms with Gasteiger partial charge in [-0.05, 0) is 91.2 Å². The fraction of sp³-hybridized carbons (Fsp3) is 0.889. The standard InChI is InChI=1S/C27H48N2O6S/c1-26(2,3)35-23(30)21(10-8-15-29-24(31)27(4,5)28(6)25(29)32)19-36-17-9-16-34-18-20-11-13-22(33-7)14-12-20/h20-22H,8-19H2,1-7H3. The van der Waals surface area contributed by atoms with Crippen molar-refractivity contribution in [1.29, 1.82) is 0 Å². The summed E-state index contributed by atoms with van der Waals surface area (Å²) in [4.78, 5) is 40.7. The van der Waals surface area contributed by atoms with Gasteiger partial charge in [-0.15, -0.1) is 0 Å². The molecule has 208 valence electrons. The number of methoxy groups -OCH3 is 1. The lowest BCUT2D eigenvalue weighted by Crippen LogP contribution is -2.41. The molecule has 0 spiro atoms. The molecule has 1 saturated heterocycles. The highest BCUT2D eigenvalue weighted by molar-refractivity contribution is 7.99. The Morgan fingerprint density at radius 3 is 2.36 bits per heavy atom. The predicted octanol–water partition coefficient (Wildman–Crippen LogP) is 4.74. The molecular weight excluding hydrogens is 480 g/mol. The highest BCUT2D eigenvalue weighted by Gasteiger charge is 2.48. The van der Waals surface area contributed by atoms with Crippen LogP contribution in [0.4, 0.5) is 4.79 Å². The van der Waals surface area contributed by atoms with Crippen molar-refractivity contribution in [1.82, 2.24) is 9.80 Å². The van der Waals surface area contributed by atoms with Crippen molar-refractivity contribution >= 4 is 29.7 Å². The predicted molar refractivity (Wildman–Crippen MR) is 143 cm³/mol. The van der Waals surface area contributed by atoms with Crippen LogP contribution in [0.25, 0.3) is 0 Å². The van der Waals surface area contributed by atoms with Crippen LogP contribution >= 0.6 is 11.8 Å². The van der Waals surface area contributed by atoms with E-state index in [1.165, 1.54) is 22.6 Å². The Bertz CT molecular complexity index is 730. The van der Waals surface area contributed by atoms with Crippen molar-refractivity contribution in [3.63, 3.8) is 0 Å². The lowest BCUT2D eigenvalue weighted by molar-refractivity contribution is -0.159. The third-order valence-corrected chi connectivity index (χ3v) is 8.39. The smallest absolute Gasteiger partial charge is 0.327 e. The first-order valence-corrected chi connectivity index (χ1v) is 14.5. The molecule has 1 unspecified atom stereocenters. The zero-order chi connectivity index (χ0) is 26.9. The number of rotatable bonds is 14. The molecule has 1 heterocycles. The van der Waals surface area contributed by atoms with Crippen LogP contribution in [-0.4, -0.2) is 90.4 Å². The SMILES string of the molecule is COC1CCC(COCCCSCC(CCCN2C(=O)N(C)C(C)(C)C2=O)C(=O)OC(C)(C)C)CC1. The van der Waals surface area contributed by atoms with Crippen LogP contribution in [0, 0.1) is 11.8 Å². The van der Waals surface area contributed by atoms with Gasteiger partial charge in [-0.2, -0.15) is 11.8 Å². The minimum absolute atomic E-state index is 0.190. The van der Waals surface area contributed by atoms with E-state index in [2.05, 4.69) is 0 Å². The van der Waals surface area contributed by atoms with Gasteiger partial charge in [-0.1, -0.05) is 0 Å². The second kappa shape index (κ2) is 14.0. The number of amides is 3. The Morgan fingerprint density at radius 1 is 1.14 bits per heavy atom. The topological polar surface area (TPSA) is 85.4 Å². The molecule has 2 aliphatic rings. The number of ether oxygens (including phenoxy) is 3. The van der Waals surface area contributed by atoms with Crippen LogP contribution in [0.2, 0.25) is 0 Å². The molecule has 2 fully saturated rings. The van der Waals surface area contributed by atoms with Crippen LogP contribution in [0.1, 0.15) is 79.6 Å². The van der Waals surface area contributed by atoms with Crippen LogP contribution < -0.4 is 0 Å². The molecule has 0 aromatic heterocycles. The Hall–Kier alpha value is -1.32. The van der Waals surface area contributed by atoms with Gasteiger partial charge in [0.1, 0.15) is 11.1 Å². The summed E-state index contributed by atoms with van der Waals surface area (Å²) in [6.07, 6.45) is 7.10. The first kappa shape index (κ1) is 30.9. The molecule has 36 heavy (non-hydrogen) atoms. The number of carbonyl (C=O) groups excluding carboxylic acids is 3. The van der Waals surface area contributed by atoms with E-state index in [0.29, 0.717) is 37.2 Å². The van der Waals surface area contributed by atoms with Gasteiger partial charge < -0.3 is 19.1 Å². The van der Waals surface area contributed by atoms with Gasteiger partial charge in [0.25, 0.3) is 5.91 Å². The Balaban J connectivity index is 1.72. The molecule has 9 heteroatoms. The van der Waals surface area contributed by atoms with Crippen LogP contribution in [0.3, 0.4) is 0 Å². The van der Waals surface area contributed by atoms with Crippen LogP contribution in [0.5, 0.6) is 0 Å². The van der Waals surface area contributed by atoms with Crippen molar-refractivity contribution in [3.05, 3.63) is 0 Å². The average molecular weight is 529 g/mol. The summed E-state index contributed by atoms with van der Waals surface area (Å²) in [5.41, 5.74) is -1.38. The molecule has 0 aromatic carbocycles. The maximum absolute atomic E-state index is 12.8. The third kappa shape index (κ3) is 9.21. The van der Waals surface area contributed by atoms with E-state index in [1.807, 2.05) is 20.8 Å². The molecule has 8 nitrogen and oxygen atoms in total. The van der Waals surface area contributed by atoms with Crippen molar-refractivity contribution in [2.75, 3.05) is 45.4 Å². The third-order valence-electron chi connectivity index (χ3n) is 7.18. The number of nitrogens with zero attached hydrogens (tertiary/aromatic N) is 2. The maximum atomic E-state index is 12.8. The number of hydrogen-bond donors (Lipinski definition) is 0. The molecule has 0 bridgehead atoms. The van der Waals surface area contributed by atoms with Crippen LogP contribution in [-0.2, 0) is 23.8 Å². The van der Waals surface area contributed by atoms with Crippen molar-refractivity contribution in [3.8, 4) is 0 Å². The minimum atomic E-state index is -0.830. The molecule has 1 saturated carbocycles. The molecule has 0 aromatic rings. The summed E-state index contributed by atoms with van der Waals surface area (Å²) in [6, 6.07) is -0.278. The number of urea groups is 1. The van der Waals surface area contributed by atoms with E-state index in [1.54, 1.807) is 39.8 Å². The van der Waals surface area contributed by atoms with Crippen molar-refractivity contribution in [2.45, 2.75) is 96.8 Å². The minimum Gasteiger partial charge on any atom is -0.460 e. The number of carbonyl (C=O) groups is 3. The molecule has 1 atom stereocenters. The number of thioether (sulfide) groups is 1. The summed E-state index contributed by atoms with van der Waals surface area (Å²) in [5, 5.41) is 0. The Kier molecular flexibility index (Phi) is 12.0. The normalized spacial score (nSPS) is 23.3. The first-order valence-electron chi connectivity index (χ1n) is 13.4. The van der Waals surface area contributed by atoms with Gasteiger partial charge in [0.15, 0.2) is 0 Å². The lowest BCUT2D eigenvalue weighted by atomic mass is 9.88. The number of hydrogen-bond acceptors (Lipinski definition) is 7. The Labute approximate surface area is 222 Å². The molecule has 0 radical (unpaired) electrons. The molecule has 0 N–H and O–H groups in total. The quantitative estimate of drug-likeness (QED) is 0.183. The van der Waals surface area contributed by atoms with Gasteiger partial charge in [0, 0.05) is 39.7 Å².